The molecule has 0 spiro atoms. The first-order chi connectivity index (χ1) is 12.0. The number of thiazole rings is 1. The van der Waals surface area contributed by atoms with Crippen LogP contribution < -0.4 is 11.1 Å². The van der Waals surface area contributed by atoms with Gasteiger partial charge in [-0.25, -0.2) is 4.98 Å². The molecular weight excluding hydrogens is 360 g/mol. The van der Waals surface area contributed by atoms with Crippen molar-refractivity contribution in [3.63, 3.8) is 0 Å². The van der Waals surface area contributed by atoms with Crippen LogP contribution >= 0.6 is 22.7 Å². The molecule has 1 aliphatic rings. The van der Waals surface area contributed by atoms with E-state index in [4.69, 9.17) is 10.5 Å². The zero-order valence-corrected chi connectivity index (χ0v) is 15.8. The highest BCUT2D eigenvalue weighted by Crippen LogP contribution is 2.32. The van der Waals surface area contributed by atoms with Crippen molar-refractivity contribution in [1.82, 2.24) is 9.88 Å². The molecule has 2 amide bonds. The molecule has 1 aliphatic heterocycles. The molecule has 25 heavy (non-hydrogen) atoms. The molecule has 0 saturated carbocycles. The van der Waals surface area contributed by atoms with Crippen LogP contribution in [0.4, 0.5) is 5.00 Å². The Morgan fingerprint density at radius 1 is 1.36 bits per heavy atom. The van der Waals surface area contributed by atoms with Gasteiger partial charge in [0.1, 0.15) is 15.7 Å². The predicted molar refractivity (Wildman–Crippen MR) is 98.5 cm³/mol. The highest BCUT2D eigenvalue weighted by Gasteiger charge is 2.21. The van der Waals surface area contributed by atoms with E-state index >= 15 is 0 Å². The van der Waals surface area contributed by atoms with Crippen molar-refractivity contribution in [2.45, 2.75) is 20.4 Å². The number of carbonyl (C=O) groups is 2. The quantitative estimate of drug-likeness (QED) is 0.827. The minimum atomic E-state index is -0.538. The van der Waals surface area contributed by atoms with E-state index in [0.717, 1.165) is 41.8 Å². The van der Waals surface area contributed by atoms with E-state index in [1.54, 1.807) is 5.38 Å². The molecule has 3 rings (SSSR count). The number of anilines is 1. The molecule has 9 heteroatoms. The summed E-state index contributed by atoms with van der Waals surface area (Å²) in [5.41, 5.74) is 6.97. The van der Waals surface area contributed by atoms with Gasteiger partial charge in [-0.2, -0.15) is 0 Å². The minimum Gasteiger partial charge on any atom is -0.379 e. The first-order valence-electron chi connectivity index (χ1n) is 7.91. The molecule has 0 radical (unpaired) electrons. The Kier molecular flexibility index (Phi) is 5.48. The number of carbonyl (C=O) groups excluding carboxylic acids is 2. The predicted octanol–water partition coefficient (Wildman–Crippen LogP) is 2.00. The number of amides is 2. The molecule has 0 aromatic carbocycles. The van der Waals surface area contributed by atoms with Crippen molar-refractivity contribution < 1.29 is 14.3 Å². The first kappa shape index (κ1) is 18.0. The summed E-state index contributed by atoms with van der Waals surface area (Å²) in [4.78, 5) is 31.7. The average molecular weight is 380 g/mol. The smallest absolute Gasteiger partial charge is 0.275 e. The van der Waals surface area contributed by atoms with Crippen molar-refractivity contribution in [3.05, 3.63) is 32.1 Å². The van der Waals surface area contributed by atoms with Crippen LogP contribution in [0.5, 0.6) is 0 Å². The third kappa shape index (κ3) is 4.06. The Labute approximate surface area is 153 Å². The average Bonchev–Trinajstić information content (AvgIpc) is 3.14. The van der Waals surface area contributed by atoms with Gasteiger partial charge in [0.2, 0.25) is 0 Å². The summed E-state index contributed by atoms with van der Waals surface area (Å²) < 4.78 is 5.33. The van der Waals surface area contributed by atoms with E-state index in [0.29, 0.717) is 22.8 Å². The van der Waals surface area contributed by atoms with Crippen LogP contribution in [-0.4, -0.2) is 48.0 Å². The summed E-state index contributed by atoms with van der Waals surface area (Å²) in [5.74, 6) is -0.864. The van der Waals surface area contributed by atoms with Gasteiger partial charge in [0.15, 0.2) is 0 Å². The number of nitrogens with one attached hydrogen (secondary N) is 1. The van der Waals surface area contributed by atoms with Crippen LogP contribution in [-0.2, 0) is 11.3 Å². The summed E-state index contributed by atoms with van der Waals surface area (Å²) in [6.45, 7) is 7.63. The van der Waals surface area contributed by atoms with Gasteiger partial charge in [-0.1, -0.05) is 0 Å². The second-order valence-corrected chi connectivity index (χ2v) is 7.99. The number of morpholine rings is 1. The lowest BCUT2D eigenvalue weighted by atomic mass is 10.1. The third-order valence-electron chi connectivity index (χ3n) is 4.11. The molecule has 3 N–H and O–H groups in total. The number of thiophene rings is 1. The Morgan fingerprint density at radius 2 is 2.08 bits per heavy atom. The maximum absolute atomic E-state index is 12.5. The van der Waals surface area contributed by atoms with Gasteiger partial charge >= 0.3 is 0 Å². The van der Waals surface area contributed by atoms with Crippen molar-refractivity contribution in [3.8, 4) is 0 Å². The number of rotatable bonds is 5. The number of nitrogens with zero attached hydrogens (tertiary/aromatic N) is 2. The molecule has 0 unspecified atom stereocenters. The molecule has 0 bridgehead atoms. The molecule has 0 atom stereocenters. The van der Waals surface area contributed by atoms with Gasteiger partial charge < -0.3 is 15.8 Å². The monoisotopic (exact) mass is 380 g/mol. The molecule has 3 heterocycles. The lowest BCUT2D eigenvalue weighted by Gasteiger charge is -2.25. The number of hydrogen-bond donors (Lipinski definition) is 2. The number of aromatic nitrogens is 1. The summed E-state index contributed by atoms with van der Waals surface area (Å²) in [7, 11) is 0. The zero-order chi connectivity index (χ0) is 18.0. The van der Waals surface area contributed by atoms with E-state index in [9.17, 15) is 9.59 Å². The molecule has 1 saturated heterocycles. The van der Waals surface area contributed by atoms with E-state index in [-0.39, 0.29) is 5.91 Å². The summed E-state index contributed by atoms with van der Waals surface area (Å²) >= 11 is 2.81. The van der Waals surface area contributed by atoms with Gasteiger partial charge in [-0.3, -0.25) is 14.5 Å². The first-order valence-corrected chi connectivity index (χ1v) is 9.61. The molecule has 2 aromatic heterocycles. The highest BCUT2D eigenvalue weighted by molar-refractivity contribution is 7.17. The van der Waals surface area contributed by atoms with Crippen molar-refractivity contribution in [2.24, 2.45) is 5.73 Å². The normalized spacial score (nSPS) is 15.3. The summed E-state index contributed by atoms with van der Waals surface area (Å²) in [5, 5.41) is 5.89. The van der Waals surface area contributed by atoms with Crippen LogP contribution in [0, 0.1) is 13.8 Å². The molecule has 2 aromatic rings. The van der Waals surface area contributed by atoms with Crippen molar-refractivity contribution in [1.29, 1.82) is 0 Å². The summed E-state index contributed by atoms with van der Waals surface area (Å²) in [6.07, 6.45) is 0. The third-order valence-corrected chi connectivity index (χ3v) is 6.06. The number of primary amides is 1. The summed E-state index contributed by atoms with van der Waals surface area (Å²) in [6, 6.07) is 0. The van der Waals surface area contributed by atoms with Gasteiger partial charge in [0.25, 0.3) is 11.8 Å². The lowest BCUT2D eigenvalue weighted by molar-refractivity contribution is 0.0341. The maximum atomic E-state index is 12.5. The Hall–Kier alpha value is -1.81. The Balaban J connectivity index is 1.70. The van der Waals surface area contributed by atoms with Gasteiger partial charge in [0, 0.05) is 23.3 Å². The van der Waals surface area contributed by atoms with Crippen LogP contribution in [0.1, 0.15) is 36.3 Å². The second-order valence-electron chi connectivity index (χ2n) is 5.82. The number of ether oxygens (including phenoxy) is 1. The second kappa shape index (κ2) is 7.61. The minimum absolute atomic E-state index is 0.326. The fourth-order valence-electron chi connectivity index (χ4n) is 2.62. The van der Waals surface area contributed by atoms with Gasteiger partial charge in [0.05, 0.1) is 25.3 Å². The zero-order valence-electron chi connectivity index (χ0n) is 14.1. The van der Waals surface area contributed by atoms with E-state index in [2.05, 4.69) is 15.2 Å². The van der Waals surface area contributed by atoms with Gasteiger partial charge in [-0.05, 0) is 19.4 Å². The van der Waals surface area contributed by atoms with Gasteiger partial charge in [-0.15, -0.1) is 22.7 Å². The van der Waals surface area contributed by atoms with Crippen molar-refractivity contribution >= 4 is 39.5 Å². The Morgan fingerprint density at radius 3 is 2.76 bits per heavy atom. The molecule has 0 aliphatic carbocycles. The van der Waals surface area contributed by atoms with E-state index in [1.807, 2.05) is 13.8 Å². The SMILES string of the molecule is Cc1sc(NC(=O)c2csc(CN3CCOCC3)n2)c(C(N)=O)c1C. The number of aryl methyl sites for hydroxylation is 1. The van der Waals surface area contributed by atoms with Crippen molar-refractivity contribution in [2.75, 3.05) is 31.6 Å². The van der Waals surface area contributed by atoms with Crippen LogP contribution in [0.15, 0.2) is 5.38 Å². The molecule has 7 nitrogen and oxygen atoms in total. The fraction of sp³-hybridized carbons (Fsp3) is 0.438. The number of hydrogen-bond acceptors (Lipinski definition) is 7. The standard InChI is InChI=1S/C16H20N4O3S2/c1-9-10(2)25-16(13(9)14(17)21)19-15(22)11-8-24-12(18-11)7-20-3-5-23-6-4-20/h8H,3-7H2,1-2H3,(H2,17,21)(H,19,22). The molecular formula is C16H20N4O3S2. The van der Waals surface area contributed by atoms with Crippen LogP contribution in [0.3, 0.4) is 0 Å². The van der Waals surface area contributed by atoms with E-state index in [1.165, 1.54) is 22.7 Å². The largest absolute Gasteiger partial charge is 0.379 e. The molecule has 134 valence electrons. The highest BCUT2D eigenvalue weighted by atomic mass is 32.1. The topological polar surface area (TPSA) is 97.6 Å². The van der Waals surface area contributed by atoms with E-state index < -0.39 is 5.91 Å². The number of nitrogens with two attached hydrogens (primary N) is 1. The molecule has 1 fully saturated rings. The van der Waals surface area contributed by atoms with Crippen LogP contribution in [0.2, 0.25) is 0 Å². The lowest BCUT2D eigenvalue weighted by Crippen LogP contribution is -2.35. The maximum Gasteiger partial charge on any atom is 0.275 e. The fourth-order valence-corrected chi connectivity index (χ4v) is 4.49. The Bertz CT molecular complexity index is 793. The van der Waals surface area contributed by atoms with Crippen LogP contribution in [0.25, 0.3) is 0 Å².